The Bertz CT molecular complexity index is 767. The van der Waals surface area contributed by atoms with Crippen LogP contribution in [0.25, 0.3) is 11.4 Å². The van der Waals surface area contributed by atoms with E-state index < -0.39 is 11.6 Å². The van der Waals surface area contributed by atoms with Gasteiger partial charge in [-0.05, 0) is 33.1 Å². The minimum absolute atomic E-state index is 0.127. The fraction of sp³-hybridized carbons (Fsp3) is 0.500. The summed E-state index contributed by atoms with van der Waals surface area (Å²) in [5, 5.41) is 21.8. The first-order valence-corrected chi connectivity index (χ1v) is 9.16. The van der Waals surface area contributed by atoms with Crippen molar-refractivity contribution < 1.29 is 24.5 Å². The van der Waals surface area contributed by atoms with Crippen LogP contribution >= 0.6 is 11.3 Å². The number of nitrogens with zero attached hydrogens (tertiary/aromatic N) is 2. The van der Waals surface area contributed by atoms with Gasteiger partial charge in [0.25, 0.3) is 0 Å². The van der Waals surface area contributed by atoms with Crippen molar-refractivity contribution in [3.8, 4) is 22.9 Å². The van der Waals surface area contributed by atoms with E-state index in [1.807, 2.05) is 5.38 Å². The molecule has 8 heteroatoms. The number of hydrogen-bond acceptors (Lipinski definition) is 7. The van der Waals surface area contributed by atoms with E-state index in [0.717, 1.165) is 30.7 Å². The quantitative estimate of drug-likeness (QED) is 0.643. The first kappa shape index (κ1) is 20.1. The smallest absolute Gasteiger partial charge is 0.354 e. The number of carboxylic acid groups (broad SMARTS) is 1. The van der Waals surface area contributed by atoms with Crippen LogP contribution in [0.15, 0.2) is 11.4 Å². The SMILES string of the molecule is COc1cc(C(=O)O)nc(-c2csc(CCCCC(C)(C)O)n2)c1OC. The molecule has 2 N–H and O–H groups in total. The van der Waals surface area contributed by atoms with Gasteiger partial charge in [0.15, 0.2) is 17.2 Å². The van der Waals surface area contributed by atoms with Gasteiger partial charge in [0.1, 0.15) is 11.4 Å². The molecule has 26 heavy (non-hydrogen) atoms. The molecule has 0 bridgehead atoms. The standard InChI is InChI=1S/C18H24N2O5S/c1-18(2,23)8-6-5-7-14-19-12(10-26-14)15-16(25-4)13(24-3)9-11(20-15)17(21)22/h9-10,23H,5-8H2,1-4H3,(H,21,22). The van der Waals surface area contributed by atoms with Crippen molar-refractivity contribution in [1.82, 2.24) is 9.97 Å². The summed E-state index contributed by atoms with van der Waals surface area (Å²) in [5.74, 6) is -0.486. The number of hydrogen-bond donors (Lipinski definition) is 2. The number of rotatable bonds is 9. The van der Waals surface area contributed by atoms with Crippen LogP contribution in [0, 0.1) is 0 Å². The number of ether oxygens (including phenoxy) is 2. The topological polar surface area (TPSA) is 102 Å². The number of carbonyl (C=O) groups is 1. The number of aromatic nitrogens is 2. The molecule has 0 atom stereocenters. The summed E-state index contributed by atoms with van der Waals surface area (Å²) < 4.78 is 10.6. The number of aliphatic hydroxyl groups is 1. The zero-order valence-electron chi connectivity index (χ0n) is 15.4. The molecule has 0 saturated heterocycles. The zero-order valence-corrected chi connectivity index (χ0v) is 16.2. The second kappa shape index (κ2) is 8.46. The number of thiazole rings is 1. The average molecular weight is 380 g/mol. The molecule has 0 radical (unpaired) electrons. The second-order valence-corrected chi connectivity index (χ2v) is 7.49. The molecule has 7 nitrogen and oxygen atoms in total. The lowest BCUT2D eigenvalue weighted by atomic mass is 10.0. The summed E-state index contributed by atoms with van der Waals surface area (Å²) >= 11 is 1.49. The number of aryl methyl sites for hydroxylation is 1. The highest BCUT2D eigenvalue weighted by atomic mass is 32.1. The van der Waals surface area contributed by atoms with Crippen molar-refractivity contribution in [1.29, 1.82) is 0 Å². The monoisotopic (exact) mass is 380 g/mol. The lowest BCUT2D eigenvalue weighted by Gasteiger charge is -2.15. The molecule has 0 aliphatic carbocycles. The van der Waals surface area contributed by atoms with E-state index in [-0.39, 0.29) is 5.69 Å². The average Bonchev–Trinajstić information content (AvgIpc) is 3.05. The van der Waals surface area contributed by atoms with Gasteiger partial charge in [-0.3, -0.25) is 0 Å². The lowest BCUT2D eigenvalue weighted by molar-refractivity contribution is 0.0677. The molecule has 0 aliphatic heterocycles. The van der Waals surface area contributed by atoms with Crippen LogP contribution in [0.4, 0.5) is 0 Å². The van der Waals surface area contributed by atoms with Crippen LogP contribution in [0.1, 0.15) is 48.6 Å². The maximum atomic E-state index is 11.3. The first-order chi connectivity index (χ1) is 12.2. The Balaban J connectivity index is 2.22. The Labute approximate surface area is 156 Å². The minimum Gasteiger partial charge on any atom is -0.493 e. The van der Waals surface area contributed by atoms with Gasteiger partial charge in [-0.25, -0.2) is 14.8 Å². The van der Waals surface area contributed by atoms with E-state index in [1.54, 1.807) is 13.8 Å². The van der Waals surface area contributed by atoms with Crippen LogP contribution in [0.5, 0.6) is 11.5 Å². The van der Waals surface area contributed by atoms with Gasteiger partial charge >= 0.3 is 5.97 Å². The van der Waals surface area contributed by atoms with Gasteiger partial charge < -0.3 is 19.7 Å². The summed E-state index contributed by atoms with van der Waals surface area (Å²) in [5.41, 5.74) is 0.130. The van der Waals surface area contributed by atoms with E-state index in [0.29, 0.717) is 22.9 Å². The summed E-state index contributed by atoms with van der Waals surface area (Å²) in [6.07, 6.45) is 3.35. The van der Waals surface area contributed by atoms with Crippen molar-refractivity contribution >= 4 is 17.3 Å². The van der Waals surface area contributed by atoms with Crippen molar-refractivity contribution in [2.75, 3.05) is 14.2 Å². The fourth-order valence-corrected chi connectivity index (χ4v) is 3.34. The van der Waals surface area contributed by atoms with Gasteiger partial charge in [-0.2, -0.15) is 0 Å². The number of unbranched alkanes of at least 4 members (excludes halogenated alkanes) is 1. The largest absolute Gasteiger partial charge is 0.493 e. The molecule has 0 aliphatic rings. The predicted molar refractivity (Wildman–Crippen MR) is 99.3 cm³/mol. The van der Waals surface area contributed by atoms with Gasteiger partial charge in [0.2, 0.25) is 0 Å². The third-order valence-corrected chi connectivity index (χ3v) is 4.71. The van der Waals surface area contributed by atoms with E-state index in [2.05, 4.69) is 9.97 Å². The van der Waals surface area contributed by atoms with Gasteiger partial charge in [-0.1, -0.05) is 6.42 Å². The zero-order chi connectivity index (χ0) is 19.3. The Kier molecular flexibility index (Phi) is 6.55. The third kappa shape index (κ3) is 5.15. The Morgan fingerprint density at radius 2 is 1.96 bits per heavy atom. The first-order valence-electron chi connectivity index (χ1n) is 8.28. The maximum Gasteiger partial charge on any atom is 0.354 e. The molecule has 2 rings (SSSR count). The number of carboxylic acids is 1. The number of pyridine rings is 1. The summed E-state index contributed by atoms with van der Waals surface area (Å²) in [6.45, 7) is 3.60. The van der Waals surface area contributed by atoms with Crippen molar-refractivity contribution in [3.05, 3.63) is 22.1 Å². The van der Waals surface area contributed by atoms with Crippen LogP contribution in [-0.2, 0) is 6.42 Å². The van der Waals surface area contributed by atoms with Gasteiger partial charge in [0.05, 0.1) is 24.8 Å². The second-order valence-electron chi connectivity index (χ2n) is 6.54. The highest BCUT2D eigenvalue weighted by Gasteiger charge is 2.21. The van der Waals surface area contributed by atoms with E-state index in [4.69, 9.17) is 9.47 Å². The Morgan fingerprint density at radius 3 is 2.54 bits per heavy atom. The van der Waals surface area contributed by atoms with E-state index >= 15 is 0 Å². The van der Waals surface area contributed by atoms with Crippen molar-refractivity contribution in [3.63, 3.8) is 0 Å². The molecule has 0 unspecified atom stereocenters. The van der Waals surface area contributed by atoms with Crippen LogP contribution < -0.4 is 9.47 Å². The molecular formula is C18H24N2O5S. The predicted octanol–water partition coefficient (Wildman–Crippen LogP) is 3.40. The molecule has 0 amide bonds. The molecule has 142 valence electrons. The summed E-state index contributed by atoms with van der Waals surface area (Å²) in [6, 6.07) is 1.33. The highest BCUT2D eigenvalue weighted by molar-refractivity contribution is 7.09. The van der Waals surface area contributed by atoms with E-state index in [1.165, 1.54) is 31.6 Å². The maximum absolute atomic E-state index is 11.3. The summed E-state index contributed by atoms with van der Waals surface area (Å²) in [4.78, 5) is 20.1. The van der Waals surface area contributed by atoms with Gasteiger partial charge in [0, 0.05) is 11.4 Å². The molecule has 0 spiro atoms. The molecule has 2 aromatic heterocycles. The fourth-order valence-electron chi connectivity index (χ4n) is 2.51. The molecule has 2 heterocycles. The number of aromatic carboxylic acids is 1. The minimum atomic E-state index is -1.14. The lowest BCUT2D eigenvalue weighted by Crippen LogP contribution is -2.17. The van der Waals surface area contributed by atoms with Crippen LogP contribution in [-0.4, -0.2) is 46.0 Å². The van der Waals surface area contributed by atoms with Crippen molar-refractivity contribution in [2.24, 2.45) is 0 Å². The Morgan fingerprint density at radius 1 is 1.23 bits per heavy atom. The van der Waals surface area contributed by atoms with E-state index in [9.17, 15) is 15.0 Å². The molecule has 0 fully saturated rings. The third-order valence-electron chi connectivity index (χ3n) is 3.81. The Hall–Kier alpha value is -2.19. The molecule has 2 aromatic rings. The van der Waals surface area contributed by atoms with Crippen LogP contribution in [0.2, 0.25) is 0 Å². The normalized spacial score (nSPS) is 11.4. The van der Waals surface area contributed by atoms with Gasteiger partial charge in [-0.15, -0.1) is 11.3 Å². The molecule has 0 saturated carbocycles. The highest BCUT2D eigenvalue weighted by Crippen LogP contribution is 2.37. The number of methoxy groups -OCH3 is 2. The van der Waals surface area contributed by atoms with Crippen molar-refractivity contribution in [2.45, 2.75) is 45.1 Å². The summed E-state index contributed by atoms with van der Waals surface area (Å²) in [7, 11) is 2.93. The van der Waals surface area contributed by atoms with Crippen LogP contribution in [0.3, 0.4) is 0 Å². The molecular weight excluding hydrogens is 356 g/mol. The molecule has 0 aromatic carbocycles.